The Morgan fingerprint density at radius 3 is 2.53 bits per heavy atom. The predicted molar refractivity (Wildman–Crippen MR) is 78.7 cm³/mol. The summed E-state index contributed by atoms with van der Waals surface area (Å²) >= 11 is 0. The summed E-state index contributed by atoms with van der Waals surface area (Å²) in [5.41, 5.74) is 7.76. The van der Waals surface area contributed by atoms with Crippen LogP contribution >= 0.6 is 0 Å². The van der Waals surface area contributed by atoms with Crippen LogP contribution < -0.4 is 10.6 Å². The van der Waals surface area contributed by atoms with Gasteiger partial charge in [0, 0.05) is 19.6 Å². The third-order valence-electron chi connectivity index (χ3n) is 4.50. The van der Waals surface area contributed by atoms with E-state index in [0.29, 0.717) is 23.7 Å². The molecule has 0 heterocycles. The zero-order valence-corrected chi connectivity index (χ0v) is 12.2. The van der Waals surface area contributed by atoms with Crippen LogP contribution in [0, 0.1) is 11.2 Å². The van der Waals surface area contributed by atoms with Gasteiger partial charge in [-0.05, 0) is 42.7 Å². The minimum Gasteiger partial charge on any atom is -0.369 e. The molecule has 0 unspecified atom stereocenters. The summed E-state index contributed by atoms with van der Waals surface area (Å²) in [4.78, 5) is 2.10. The largest absolute Gasteiger partial charge is 0.369 e. The summed E-state index contributed by atoms with van der Waals surface area (Å²) in [6.45, 7) is 5.02. The highest BCUT2D eigenvalue weighted by molar-refractivity contribution is 5.55. The molecule has 1 aromatic carbocycles. The molecule has 2 nitrogen and oxygen atoms in total. The molecule has 0 spiro atoms. The van der Waals surface area contributed by atoms with E-state index in [0.717, 1.165) is 18.4 Å². The lowest BCUT2D eigenvalue weighted by Gasteiger charge is -2.40. The third-order valence-corrected chi connectivity index (χ3v) is 4.50. The first-order valence-electron chi connectivity index (χ1n) is 7.15. The molecule has 0 saturated heterocycles. The smallest absolute Gasteiger partial charge is 0.146 e. The van der Waals surface area contributed by atoms with Crippen LogP contribution in [0.1, 0.15) is 45.1 Å². The van der Waals surface area contributed by atoms with Crippen molar-refractivity contribution in [1.29, 1.82) is 0 Å². The van der Waals surface area contributed by atoms with Crippen LogP contribution in [-0.2, 0) is 6.54 Å². The summed E-state index contributed by atoms with van der Waals surface area (Å²) in [5.74, 6) is -0.157. The topological polar surface area (TPSA) is 29.3 Å². The number of hydrogen-bond acceptors (Lipinski definition) is 2. The fourth-order valence-electron chi connectivity index (χ4n) is 3.07. The molecule has 1 aromatic rings. The van der Waals surface area contributed by atoms with Gasteiger partial charge >= 0.3 is 0 Å². The molecule has 2 N–H and O–H groups in total. The molecule has 3 heteroatoms. The molecule has 19 heavy (non-hydrogen) atoms. The molecule has 1 aliphatic carbocycles. The Hall–Kier alpha value is -1.09. The Morgan fingerprint density at radius 2 is 1.95 bits per heavy atom. The number of anilines is 1. The molecular formula is C16H25FN2. The molecule has 0 aliphatic heterocycles. The number of nitrogens with two attached hydrogens (primary N) is 1. The molecule has 0 bridgehead atoms. The molecule has 0 aromatic heterocycles. The van der Waals surface area contributed by atoms with Crippen molar-refractivity contribution >= 4 is 5.69 Å². The molecule has 2 rings (SSSR count). The van der Waals surface area contributed by atoms with Crippen molar-refractivity contribution < 1.29 is 4.39 Å². The third kappa shape index (κ3) is 3.08. The van der Waals surface area contributed by atoms with Gasteiger partial charge in [-0.2, -0.15) is 0 Å². The van der Waals surface area contributed by atoms with Gasteiger partial charge in [0.25, 0.3) is 0 Å². The highest BCUT2D eigenvalue weighted by Gasteiger charge is 2.30. The average Bonchev–Trinajstić information content (AvgIpc) is 2.37. The Morgan fingerprint density at radius 1 is 1.32 bits per heavy atom. The summed E-state index contributed by atoms with van der Waals surface area (Å²) < 4.78 is 14.1. The van der Waals surface area contributed by atoms with E-state index in [2.05, 4.69) is 18.7 Å². The second-order valence-corrected chi connectivity index (χ2v) is 6.46. The lowest BCUT2D eigenvalue weighted by atomic mass is 9.75. The first kappa shape index (κ1) is 14.3. The maximum atomic E-state index is 14.1. The van der Waals surface area contributed by atoms with Gasteiger partial charge in [-0.15, -0.1) is 0 Å². The molecule has 0 amide bonds. The number of benzene rings is 1. The number of hydrogen-bond donors (Lipinski definition) is 1. The Kier molecular flexibility index (Phi) is 4.14. The normalized spacial score (nSPS) is 19.4. The van der Waals surface area contributed by atoms with Gasteiger partial charge in [0.15, 0.2) is 0 Å². The van der Waals surface area contributed by atoms with E-state index in [4.69, 9.17) is 5.73 Å². The van der Waals surface area contributed by atoms with Crippen molar-refractivity contribution in [1.82, 2.24) is 0 Å². The number of nitrogens with zero attached hydrogens (tertiary/aromatic N) is 1. The molecule has 0 atom stereocenters. The zero-order valence-electron chi connectivity index (χ0n) is 12.2. The Labute approximate surface area is 115 Å². The zero-order chi connectivity index (χ0) is 14.0. The van der Waals surface area contributed by atoms with Gasteiger partial charge in [0.2, 0.25) is 0 Å². The van der Waals surface area contributed by atoms with E-state index in [1.807, 2.05) is 13.1 Å². The summed E-state index contributed by atoms with van der Waals surface area (Å²) in [6.07, 6.45) is 4.66. The molecule has 1 saturated carbocycles. The first-order valence-corrected chi connectivity index (χ1v) is 7.15. The lowest BCUT2D eigenvalue weighted by Crippen LogP contribution is -2.38. The minimum atomic E-state index is -0.157. The molecular weight excluding hydrogens is 239 g/mol. The Balaban J connectivity index is 2.18. The van der Waals surface area contributed by atoms with Crippen LogP contribution in [0.3, 0.4) is 0 Å². The predicted octanol–water partition coefficient (Wildman–Crippen LogP) is 3.69. The number of halogens is 1. The van der Waals surface area contributed by atoms with Crippen LogP contribution in [0.15, 0.2) is 18.2 Å². The average molecular weight is 264 g/mol. The van der Waals surface area contributed by atoms with Crippen molar-refractivity contribution in [3.8, 4) is 0 Å². The number of para-hydroxylation sites is 1. The van der Waals surface area contributed by atoms with E-state index in [9.17, 15) is 4.39 Å². The van der Waals surface area contributed by atoms with Gasteiger partial charge < -0.3 is 10.6 Å². The van der Waals surface area contributed by atoms with Gasteiger partial charge in [0.05, 0.1) is 5.69 Å². The van der Waals surface area contributed by atoms with Crippen LogP contribution in [-0.4, -0.2) is 13.1 Å². The first-order chi connectivity index (χ1) is 8.94. The van der Waals surface area contributed by atoms with E-state index >= 15 is 0 Å². The molecule has 1 fully saturated rings. The van der Waals surface area contributed by atoms with Crippen LogP contribution in [0.5, 0.6) is 0 Å². The summed E-state index contributed by atoms with van der Waals surface area (Å²) in [5, 5.41) is 0. The monoisotopic (exact) mass is 264 g/mol. The quantitative estimate of drug-likeness (QED) is 0.902. The van der Waals surface area contributed by atoms with Gasteiger partial charge in [-0.1, -0.05) is 26.0 Å². The second kappa shape index (κ2) is 5.49. The maximum absolute atomic E-state index is 14.1. The Bertz CT molecular complexity index is 432. The fourth-order valence-corrected chi connectivity index (χ4v) is 3.07. The SMILES string of the molecule is CN(c1c(F)cccc1CN)C1CCC(C)(C)CC1. The molecule has 106 valence electrons. The van der Waals surface area contributed by atoms with Crippen LogP contribution in [0.4, 0.5) is 10.1 Å². The minimum absolute atomic E-state index is 0.157. The summed E-state index contributed by atoms with van der Waals surface area (Å²) in [7, 11) is 2.00. The van der Waals surface area contributed by atoms with Crippen LogP contribution in [0.2, 0.25) is 0 Å². The van der Waals surface area contributed by atoms with Crippen molar-refractivity contribution in [2.75, 3.05) is 11.9 Å². The molecule has 0 radical (unpaired) electrons. The summed E-state index contributed by atoms with van der Waals surface area (Å²) in [6, 6.07) is 5.60. The molecule has 1 aliphatic rings. The standard InChI is InChI=1S/C16H25FN2/c1-16(2)9-7-13(8-10-16)19(3)15-12(11-18)5-4-6-14(15)17/h4-6,13H,7-11,18H2,1-3H3. The van der Waals surface area contributed by atoms with Crippen LogP contribution in [0.25, 0.3) is 0 Å². The van der Waals surface area contributed by atoms with E-state index in [-0.39, 0.29) is 5.82 Å². The van der Waals surface area contributed by atoms with Gasteiger partial charge in [-0.25, -0.2) is 4.39 Å². The maximum Gasteiger partial charge on any atom is 0.146 e. The van der Waals surface area contributed by atoms with E-state index in [1.165, 1.54) is 18.9 Å². The van der Waals surface area contributed by atoms with Gasteiger partial charge in [-0.3, -0.25) is 0 Å². The number of rotatable bonds is 3. The van der Waals surface area contributed by atoms with E-state index in [1.54, 1.807) is 6.07 Å². The highest BCUT2D eigenvalue weighted by atomic mass is 19.1. The van der Waals surface area contributed by atoms with Crippen molar-refractivity contribution in [3.05, 3.63) is 29.6 Å². The van der Waals surface area contributed by atoms with Gasteiger partial charge in [0.1, 0.15) is 5.82 Å². The highest BCUT2D eigenvalue weighted by Crippen LogP contribution is 2.38. The van der Waals surface area contributed by atoms with Crippen molar-refractivity contribution in [2.45, 2.75) is 52.1 Å². The van der Waals surface area contributed by atoms with E-state index < -0.39 is 0 Å². The van der Waals surface area contributed by atoms with Crippen molar-refractivity contribution in [2.24, 2.45) is 11.1 Å². The second-order valence-electron chi connectivity index (χ2n) is 6.46. The van der Waals surface area contributed by atoms with Crippen molar-refractivity contribution in [3.63, 3.8) is 0 Å². The fraction of sp³-hybridized carbons (Fsp3) is 0.625. The lowest BCUT2D eigenvalue weighted by molar-refractivity contribution is 0.222.